The van der Waals surface area contributed by atoms with Crippen LogP contribution in [0.5, 0.6) is 0 Å². The SMILES string of the molecule is CCc1nnc2sc(-c3ccc(CNC(=S)NC(=O)c4ccccc4)cc3)nn12. The van der Waals surface area contributed by atoms with Crippen LogP contribution in [-0.2, 0) is 13.0 Å². The lowest BCUT2D eigenvalue weighted by Crippen LogP contribution is -2.38. The van der Waals surface area contributed by atoms with E-state index in [1.165, 1.54) is 11.3 Å². The highest BCUT2D eigenvalue weighted by Crippen LogP contribution is 2.25. The Morgan fingerprint density at radius 2 is 1.86 bits per heavy atom. The monoisotopic (exact) mass is 422 g/mol. The molecule has 2 heterocycles. The summed E-state index contributed by atoms with van der Waals surface area (Å²) in [6, 6.07) is 17.0. The molecule has 4 rings (SSSR count). The van der Waals surface area contributed by atoms with Crippen molar-refractivity contribution in [2.75, 3.05) is 0 Å². The van der Waals surface area contributed by atoms with Gasteiger partial charge in [0.15, 0.2) is 10.9 Å². The summed E-state index contributed by atoms with van der Waals surface area (Å²) >= 11 is 6.73. The van der Waals surface area contributed by atoms with E-state index in [1.54, 1.807) is 16.6 Å². The normalized spacial score (nSPS) is 10.8. The number of carbonyl (C=O) groups is 1. The van der Waals surface area contributed by atoms with Crippen molar-refractivity contribution in [3.63, 3.8) is 0 Å². The molecule has 29 heavy (non-hydrogen) atoms. The van der Waals surface area contributed by atoms with Gasteiger partial charge in [-0.3, -0.25) is 10.1 Å². The highest BCUT2D eigenvalue weighted by molar-refractivity contribution is 7.80. The van der Waals surface area contributed by atoms with Crippen LogP contribution in [0.3, 0.4) is 0 Å². The molecule has 0 aliphatic carbocycles. The molecule has 146 valence electrons. The third-order valence-electron chi connectivity index (χ3n) is 4.29. The lowest BCUT2D eigenvalue weighted by atomic mass is 10.1. The van der Waals surface area contributed by atoms with Gasteiger partial charge in [-0.25, -0.2) is 0 Å². The van der Waals surface area contributed by atoms with Gasteiger partial charge < -0.3 is 5.32 Å². The van der Waals surface area contributed by atoms with E-state index in [2.05, 4.69) is 25.9 Å². The van der Waals surface area contributed by atoms with Gasteiger partial charge in [0.1, 0.15) is 5.01 Å². The van der Waals surface area contributed by atoms with Crippen LogP contribution in [0, 0.1) is 0 Å². The lowest BCUT2D eigenvalue weighted by Gasteiger charge is -2.10. The number of nitrogens with zero attached hydrogens (tertiary/aromatic N) is 4. The Hall–Kier alpha value is -3.17. The van der Waals surface area contributed by atoms with Gasteiger partial charge in [0.25, 0.3) is 5.91 Å². The van der Waals surface area contributed by atoms with Crippen LogP contribution < -0.4 is 10.6 Å². The smallest absolute Gasteiger partial charge is 0.257 e. The van der Waals surface area contributed by atoms with Crippen LogP contribution in [0.1, 0.15) is 28.7 Å². The van der Waals surface area contributed by atoms with Crippen molar-refractivity contribution in [3.05, 3.63) is 71.5 Å². The Morgan fingerprint density at radius 3 is 2.59 bits per heavy atom. The van der Waals surface area contributed by atoms with Gasteiger partial charge >= 0.3 is 0 Å². The number of thiocarbonyl (C=S) groups is 1. The number of carbonyl (C=O) groups excluding carboxylic acids is 1. The molecule has 7 nitrogen and oxygen atoms in total. The summed E-state index contributed by atoms with van der Waals surface area (Å²) in [7, 11) is 0. The van der Waals surface area contributed by atoms with Crippen molar-refractivity contribution in [2.24, 2.45) is 0 Å². The number of hydrogen-bond donors (Lipinski definition) is 2. The van der Waals surface area contributed by atoms with E-state index in [0.29, 0.717) is 17.2 Å². The third-order valence-corrected chi connectivity index (χ3v) is 5.48. The summed E-state index contributed by atoms with van der Waals surface area (Å²) in [6.07, 6.45) is 0.787. The van der Waals surface area contributed by atoms with Crippen molar-refractivity contribution >= 4 is 39.5 Å². The quantitative estimate of drug-likeness (QED) is 0.481. The molecular weight excluding hydrogens is 404 g/mol. The zero-order valence-corrected chi connectivity index (χ0v) is 17.3. The van der Waals surface area contributed by atoms with E-state index in [-0.39, 0.29) is 5.91 Å². The fourth-order valence-electron chi connectivity index (χ4n) is 2.75. The van der Waals surface area contributed by atoms with Crippen LogP contribution in [0.4, 0.5) is 0 Å². The Morgan fingerprint density at radius 1 is 1.10 bits per heavy atom. The predicted molar refractivity (Wildman–Crippen MR) is 117 cm³/mol. The fourth-order valence-corrected chi connectivity index (χ4v) is 3.78. The maximum atomic E-state index is 12.1. The fraction of sp³-hybridized carbons (Fsp3) is 0.150. The number of fused-ring (bicyclic) bond motifs is 1. The van der Waals surface area contributed by atoms with Crippen LogP contribution in [0.25, 0.3) is 15.5 Å². The van der Waals surface area contributed by atoms with Gasteiger partial charge in [-0.2, -0.15) is 9.61 Å². The lowest BCUT2D eigenvalue weighted by molar-refractivity contribution is 0.0976. The van der Waals surface area contributed by atoms with Crippen molar-refractivity contribution in [1.29, 1.82) is 0 Å². The van der Waals surface area contributed by atoms with Gasteiger partial charge in [0.05, 0.1) is 0 Å². The number of aryl methyl sites for hydroxylation is 1. The Kier molecular flexibility index (Phi) is 5.59. The molecule has 0 bridgehead atoms. The average Bonchev–Trinajstić information content (AvgIpc) is 3.34. The van der Waals surface area contributed by atoms with E-state index in [1.807, 2.05) is 49.4 Å². The Bertz CT molecular complexity index is 1150. The van der Waals surface area contributed by atoms with Crippen molar-refractivity contribution in [2.45, 2.75) is 19.9 Å². The summed E-state index contributed by atoms with van der Waals surface area (Å²) in [5.41, 5.74) is 2.63. The predicted octanol–water partition coefficient (Wildman–Crippen LogP) is 3.22. The minimum absolute atomic E-state index is 0.229. The second kappa shape index (κ2) is 8.46. The summed E-state index contributed by atoms with van der Waals surface area (Å²) < 4.78 is 1.79. The van der Waals surface area contributed by atoms with Crippen LogP contribution in [0.15, 0.2) is 54.6 Å². The second-order valence-electron chi connectivity index (χ2n) is 6.27. The first-order valence-electron chi connectivity index (χ1n) is 9.08. The van der Waals surface area contributed by atoms with Crippen molar-refractivity contribution in [1.82, 2.24) is 30.4 Å². The van der Waals surface area contributed by atoms with Gasteiger partial charge in [0, 0.05) is 24.1 Å². The van der Waals surface area contributed by atoms with Gasteiger partial charge in [-0.1, -0.05) is 60.7 Å². The Labute approximate surface area is 176 Å². The molecule has 2 N–H and O–H groups in total. The number of benzene rings is 2. The molecule has 0 aliphatic rings. The molecule has 0 aliphatic heterocycles. The zero-order valence-electron chi connectivity index (χ0n) is 15.6. The Balaban J connectivity index is 1.36. The first-order chi connectivity index (χ1) is 14.1. The molecule has 2 aromatic heterocycles. The number of amides is 1. The van der Waals surface area contributed by atoms with Crippen molar-refractivity contribution in [3.8, 4) is 10.6 Å². The number of rotatable bonds is 5. The molecule has 0 radical (unpaired) electrons. The number of hydrogen-bond acceptors (Lipinski definition) is 6. The molecule has 4 aromatic rings. The second-order valence-corrected chi connectivity index (χ2v) is 7.64. The highest BCUT2D eigenvalue weighted by Gasteiger charge is 2.12. The van der Waals surface area contributed by atoms with Crippen molar-refractivity contribution < 1.29 is 4.79 Å². The number of nitrogens with one attached hydrogen (secondary N) is 2. The molecule has 0 unspecified atom stereocenters. The van der Waals surface area contributed by atoms with E-state index in [0.717, 1.165) is 33.3 Å². The first-order valence-corrected chi connectivity index (χ1v) is 10.3. The third kappa shape index (κ3) is 4.30. The standard InChI is InChI=1S/C20H18N6OS2/c1-2-16-23-24-20-26(16)25-18(29-20)15-10-8-13(9-11-15)12-21-19(28)22-17(27)14-6-4-3-5-7-14/h3-11H,2,12H2,1H3,(H2,21,22,27,28). The van der Waals surface area contributed by atoms with Crippen LogP contribution in [0.2, 0.25) is 0 Å². The summed E-state index contributed by atoms with van der Waals surface area (Å²) in [5.74, 6) is 0.627. The highest BCUT2D eigenvalue weighted by atomic mass is 32.1. The average molecular weight is 423 g/mol. The van der Waals surface area contributed by atoms with E-state index in [4.69, 9.17) is 12.2 Å². The molecule has 1 amide bonds. The van der Waals surface area contributed by atoms with Crippen LogP contribution in [-0.4, -0.2) is 30.8 Å². The molecule has 9 heteroatoms. The maximum Gasteiger partial charge on any atom is 0.257 e. The first kappa shape index (κ1) is 19.2. The van der Waals surface area contributed by atoms with Crippen LogP contribution >= 0.6 is 23.6 Å². The molecule has 0 saturated heterocycles. The van der Waals surface area contributed by atoms with Gasteiger partial charge in [-0.05, 0) is 29.9 Å². The van der Waals surface area contributed by atoms with E-state index in [9.17, 15) is 4.79 Å². The summed E-state index contributed by atoms with van der Waals surface area (Å²) in [6.45, 7) is 2.54. The van der Waals surface area contributed by atoms with E-state index >= 15 is 0 Å². The topological polar surface area (TPSA) is 84.2 Å². The maximum absolute atomic E-state index is 12.1. The molecule has 0 spiro atoms. The summed E-state index contributed by atoms with van der Waals surface area (Å²) in [5, 5.41) is 19.8. The molecule has 0 fully saturated rings. The van der Waals surface area contributed by atoms with Gasteiger partial charge in [-0.15, -0.1) is 10.2 Å². The zero-order chi connectivity index (χ0) is 20.2. The molecule has 0 atom stereocenters. The summed E-state index contributed by atoms with van der Waals surface area (Å²) in [4.78, 5) is 12.9. The minimum Gasteiger partial charge on any atom is -0.358 e. The molecule has 2 aromatic carbocycles. The van der Waals surface area contributed by atoms with E-state index < -0.39 is 0 Å². The van der Waals surface area contributed by atoms with Gasteiger partial charge in [0.2, 0.25) is 4.96 Å². The minimum atomic E-state index is -0.229. The molecule has 0 saturated carbocycles. The molecular formula is C20H18N6OS2. The number of aromatic nitrogens is 4. The largest absolute Gasteiger partial charge is 0.358 e.